The van der Waals surface area contributed by atoms with Crippen molar-refractivity contribution in [3.05, 3.63) is 53.1 Å². The fourth-order valence-corrected chi connectivity index (χ4v) is 2.54. The van der Waals surface area contributed by atoms with Crippen LogP contribution in [0.25, 0.3) is 0 Å². The minimum atomic E-state index is -0.873. The summed E-state index contributed by atoms with van der Waals surface area (Å²) in [4.78, 5) is 24.5. The third-order valence-electron chi connectivity index (χ3n) is 3.51. The minimum absolute atomic E-state index is 0.0247. The van der Waals surface area contributed by atoms with Crippen LogP contribution in [-0.2, 0) is 4.79 Å². The van der Waals surface area contributed by atoms with Crippen molar-refractivity contribution >= 4 is 29.0 Å². The van der Waals surface area contributed by atoms with Gasteiger partial charge in [0.05, 0.1) is 19.1 Å². The Hall–Kier alpha value is -2.53. The van der Waals surface area contributed by atoms with Crippen molar-refractivity contribution in [3.8, 4) is 11.5 Å². The molecule has 0 bridgehead atoms. The Morgan fingerprint density at radius 2 is 2.13 bits per heavy atom. The molecule has 2 aromatic rings. The van der Waals surface area contributed by atoms with Gasteiger partial charge < -0.3 is 14.8 Å². The first-order chi connectivity index (χ1) is 11.1. The van der Waals surface area contributed by atoms with E-state index in [-0.39, 0.29) is 18.1 Å². The number of Topliss-reactive ketones (excluding diaryl/α,β-unsaturated/α-hetero) is 1. The maximum atomic E-state index is 12.3. The molecular formula is C17H14ClNO4. The largest absolute Gasteiger partial charge is 0.497 e. The van der Waals surface area contributed by atoms with Crippen molar-refractivity contribution in [1.82, 2.24) is 0 Å². The molecule has 0 saturated heterocycles. The van der Waals surface area contributed by atoms with Gasteiger partial charge in [-0.3, -0.25) is 9.59 Å². The summed E-state index contributed by atoms with van der Waals surface area (Å²) >= 11 is 5.88. The monoisotopic (exact) mass is 331 g/mol. The van der Waals surface area contributed by atoms with Crippen LogP contribution in [0.15, 0.2) is 42.5 Å². The Morgan fingerprint density at radius 1 is 1.30 bits per heavy atom. The highest BCUT2D eigenvalue weighted by Crippen LogP contribution is 2.30. The molecule has 1 aliphatic rings. The summed E-state index contributed by atoms with van der Waals surface area (Å²) < 4.78 is 10.7. The van der Waals surface area contributed by atoms with Crippen molar-refractivity contribution < 1.29 is 19.1 Å². The number of rotatable bonds is 3. The summed E-state index contributed by atoms with van der Waals surface area (Å²) in [5.74, 6) is 0.451. The van der Waals surface area contributed by atoms with E-state index in [0.29, 0.717) is 27.8 Å². The number of fused-ring (bicyclic) bond motifs is 1. The highest BCUT2D eigenvalue weighted by atomic mass is 35.5. The average Bonchev–Trinajstić information content (AvgIpc) is 2.55. The molecule has 1 amide bonds. The molecule has 1 atom stereocenters. The number of benzene rings is 2. The van der Waals surface area contributed by atoms with E-state index in [9.17, 15) is 9.59 Å². The lowest BCUT2D eigenvalue weighted by molar-refractivity contribution is -0.122. The molecule has 3 rings (SSSR count). The van der Waals surface area contributed by atoms with Gasteiger partial charge in [-0.25, -0.2) is 0 Å². The average molecular weight is 332 g/mol. The molecule has 1 heterocycles. The number of nitrogens with one attached hydrogen (secondary N) is 1. The number of carbonyl (C=O) groups is 2. The molecule has 1 N–H and O–H groups in total. The first-order valence-corrected chi connectivity index (χ1v) is 7.39. The second kappa shape index (κ2) is 6.30. The number of amides is 1. The number of hydrogen-bond acceptors (Lipinski definition) is 4. The molecule has 118 valence electrons. The van der Waals surface area contributed by atoms with Crippen molar-refractivity contribution in [3.63, 3.8) is 0 Å². The van der Waals surface area contributed by atoms with Gasteiger partial charge in [-0.1, -0.05) is 17.7 Å². The highest BCUT2D eigenvalue weighted by Gasteiger charge is 2.31. The molecule has 0 radical (unpaired) electrons. The van der Waals surface area contributed by atoms with Gasteiger partial charge in [-0.05, 0) is 30.3 Å². The number of anilines is 1. The smallest absolute Gasteiger partial charge is 0.265 e. The summed E-state index contributed by atoms with van der Waals surface area (Å²) in [6.45, 7) is 0. The quantitative estimate of drug-likeness (QED) is 0.937. The maximum absolute atomic E-state index is 12.3. The molecular weight excluding hydrogens is 318 g/mol. The second-order valence-electron chi connectivity index (χ2n) is 5.10. The molecule has 0 spiro atoms. The summed E-state index contributed by atoms with van der Waals surface area (Å²) in [6, 6.07) is 11.7. The third-order valence-corrected chi connectivity index (χ3v) is 3.75. The van der Waals surface area contributed by atoms with Crippen LogP contribution in [0.4, 0.5) is 5.69 Å². The highest BCUT2D eigenvalue weighted by molar-refractivity contribution is 6.31. The number of halogens is 1. The number of ether oxygens (including phenoxy) is 2. The van der Waals surface area contributed by atoms with Gasteiger partial charge in [0.2, 0.25) is 0 Å². The van der Waals surface area contributed by atoms with Crippen LogP contribution in [0, 0.1) is 0 Å². The van der Waals surface area contributed by atoms with Gasteiger partial charge in [0.1, 0.15) is 11.5 Å². The van der Waals surface area contributed by atoms with Crippen LogP contribution < -0.4 is 14.8 Å². The van der Waals surface area contributed by atoms with Crippen LogP contribution >= 0.6 is 11.6 Å². The standard InChI is InChI=1S/C17H14ClNO4/c1-22-12-4-2-3-11(8-12)19-17(21)16-9-14(20)13-7-10(18)5-6-15(13)23-16/h2-8,16H,9H2,1H3,(H,19,21). The van der Waals surface area contributed by atoms with Crippen molar-refractivity contribution in [1.29, 1.82) is 0 Å². The van der Waals surface area contributed by atoms with Crippen molar-refractivity contribution in [2.24, 2.45) is 0 Å². The van der Waals surface area contributed by atoms with Crippen LogP contribution in [0.2, 0.25) is 5.02 Å². The fraction of sp³-hybridized carbons (Fsp3) is 0.176. The normalized spacial score (nSPS) is 16.3. The van der Waals surface area contributed by atoms with E-state index in [4.69, 9.17) is 21.1 Å². The van der Waals surface area contributed by atoms with Gasteiger partial charge in [-0.2, -0.15) is 0 Å². The van der Waals surface area contributed by atoms with E-state index in [1.54, 1.807) is 49.6 Å². The predicted molar refractivity (Wildman–Crippen MR) is 86.4 cm³/mol. The van der Waals surface area contributed by atoms with E-state index >= 15 is 0 Å². The maximum Gasteiger partial charge on any atom is 0.265 e. The first-order valence-electron chi connectivity index (χ1n) is 7.01. The minimum Gasteiger partial charge on any atom is -0.497 e. The zero-order valence-corrected chi connectivity index (χ0v) is 13.1. The SMILES string of the molecule is COc1cccc(NC(=O)C2CC(=O)c3cc(Cl)ccc3O2)c1. The van der Waals surface area contributed by atoms with E-state index in [2.05, 4.69) is 5.32 Å². The summed E-state index contributed by atoms with van der Waals surface area (Å²) in [6.07, 6.45) is -0.897. The van der Waals surface area contributed by atoms with Gasteiger partial charge in [0.25, 0.3) is 5.91 Å². The van der Waals surface area contributed by atoms with E-state index < -0.39 is 6.10 Å². The Balaban J connectivity index is 1.76. The lowest BCUT2D eigenvalue weighted by Gasteiger charge is -2.24. The molecule has 23 heavy (non-hydrogen) atoms. The van der Waals surface area contributed by atoms with Gasteiger partial charge in [-0.15, -0.1) is 0 Å². The van der Waals surface area contributed by atoms with E-state index in [1.165, 1.54) is 0 Å². The van der Waals surface area contributed by atoms with Crippen LogP contribution in [0.5, 0.6) is 11.5 Å². The number of methoxy groups -OCH3 is 1. The molecule has 1 unspecified atom stereocenters. The topological polar surface area (TPSA) is 64.6 Å². The van der Waals surface area contributed by atoms with Gasteiger partial charge >= 0.3 is 0 Å². The molecule has 0 aliphatic carbocycles. The molecule has 0 fully saturated rings. The molecule has 0 saturated carbocycles. The molecule has 2 aromatic carbocycles. The van der Waals surface area contributed by atoms with Crippen molar-refractivity contribution in [2.45, 2.75) is 12.5 Å². The van der Waals surface area contributed by atoms with Crippen LogP contribution in [-0.4, -0.2) is 24.9 Å². The lowest BCUT2D eigenvalue weighted by atomic mass is 10.0. The predicted octanol–water partition coefficient (Wildman–Crippen LogP) is 3.32. The Morgan fingerprint density at radius 3 is 2.91 bits per heavy atom. The van der Waals surface area contributed by atoms with Gasteiger partial charge in [0.15, 0.2) is 11.9 Å². The van der Waals surface area contributed by atoms with Gasteiger partial charge in [0, 0.05) is 16.8 Å². The molecule has 5 nitrogen and oxygen atoms in total. The number of ketones is 1. The first kappa shape index (κ1) is 15.4. The van der Waals surface area contributed by atoms with Crippen LogP contribution in [0.3, 0.4) is 0 Å². The Labute approximate surface area is 138 Å². The molecule has 6 heteroatoms. The van der Waals surface area contributed by atoms with E-state index in [0.717, 1.165) is 0 Å². The summed E-state index contributed by atoms with van der Waals surface area (Å²) in [7, 11) is 1.55. The Kier molecular flexibility index (Phi) is 4.21. The second-order valence-corrected chi connectivity index (χ2v) is 5.53. The summed E-state index contributed by atoms with van der Waals surface area (Å²) in [5, 5.41) is 3.19. The van der Waals surface area contributed by atoms with E-state index in [1.807, 2.05) is 0 Å². The zero-order valence-electron chi connectivity index (χ0n) is 12.3. The third kappa shape index (κ3) is 3.29. The fourth-order valence-electron chi connectivity index (χ4n) is 2.37. The Bertz CT molecular complexity index is 775. The van der Waals surface area contributed by atoms with Crippen molar-refractivity contribution in [2.75, 3.05) is 12.4 Å². The number of carbonyl (C=O) groups excluding carboxylic acids is 2. The molecule has 1 aliphatic heterocycles. The van der Waals surface area contributed by atoms with Crippen LogP contribution in [0.1, 0.15) is 16.8 Å². The summed E-state index contributed by atoms with van der Waals surface area (Å²) in [5.41, 5.74) is 0.982. The number of hydrogen-bond donors (Lipinski definition) is 1. The molecule has 0 aromatic heterocycles. The lowest BCUT2D eigenvalue weighted by Crippen LogP contribution is -2.38. The zero-order chi connectivity index (χ0) is 16.4.